The summed E-state index contributed by atoms with van der Waals surface area (Å²) in [5, 5.41) is 3.94. The zero-order valence-electron chi connectivity index (χ0n) is 12.8. The number of pyridine rings is 1. The number of anilines is 1. The Morgan fingerprint density at radius 3 is 2.76 bits per heavy atom. The van der Waals surface area contributed by atoms with Crippen LogP contribution in [0.25, 0.3) is 10.9 Å². The molecule has 1 aromatic carbocycles. The topological polar surface area (TPSA) is 71.2 Å². The smallest absolute Gasteiger partial charge is 0.239 e. The number of benzene rings is 1. The minimum absolute atomic E-state index is 0.0169. The van der Waals surface area contributed by atoms with E-state index in [2.05, 4.69) is 10.3 Å². The molecule has 0 bridgehead atoms. The molecule has 2 aromatic rings. The Bertz CT molecular complexity index is 639. The lowest BCUT2D eigenvalue weighted by Gasteiger charge is -2.20. The Balaban J connectivity index is 2.27. The standard InChI is InChI=1S/C16H22N4O/c1-11(2)18-16(21)10-20(3)15-8-12(9-17)13-6-4-5-7-14(13)19-15/h4-8,11H,9-10,17H2,1-3H3,(H,18,21). The number of carbonyl (C=O) groups is 1. The summed E-state index contributed by atoms with van der Waals surface area (Å²) in [4.78, 5) is 18.3. The molecule has 1 amide bonds. The molecule has 21 heavy (non-hydrogen) atoms. The van der Waals surface area contributed by atoms with Gasteiger partial charge in [0.05, 0.1) is 12.1 Å². The average molecular weight is 286 g/mol. The van der Waals surface area contributed by atoms with Gasteiger partial charge in [-0.2, -0.15) is 0 Å². The van der Waals surface area contributed by atoms with Crippen LogP contribution in [0.3, 0.4) is 0 Å². The van der Waals surface area contributed by atoms with E-state index in [1.54, 1.807) is 0 Å². The maximum atomic E-state index is 11.9. The largest absolute Gasteiger partial charge is 0.352 e. The highest BCUT2D eigenvalue weighted by molar-refractivity contribution is 5.85. The zero-order chi connectivity index (χ0) is 15.4. The number of amides is 1. The van der Waals surface area contributed by atoms with Gasteiger partial charge in [0.2, 0.25) is 5.91 Å². The van der Waals surface area contributed by atoms with Gasteiger partial charge < -0.3 is 16.0 Å². The van der Waals surface area contributed by atoms with Crippen molar-refractivity contribution >= 4 is 22.6 Å². The number of hydrogen-bond donors (Lipinski definition) is 2. The number of aromatic nitrogens is 1. The molecular formula is C16H22N4O. The molecule has 0 saturated heterocycles. The van der Waals surface area contributed by atoms with Crippen LogP contribution >= 0.6 is 0 Å². The molecule has 5 heteroatoms. The van der Waals surface area contributed by atoms with E-state index in [0.29, 0.717) is 6.54 Å². The van der Waals surface area contributed by atoms with E-state index < -0.39 is 0 Å². The number of nitrogens with two attached hydrogens (primary N) is 1. The predicted octanol–water partition coefficient (Wildman–Crippen LogP) is 1.65. The van der Waals surface area contributed by atoms with Crippen molar-refractivity contribution in [2.75, 3.05) is 18.5 Å². The fraction of sp³-hybridized carbons (Fsp3) is 0.375. The van der Waals surface area contributed by atoms with Gasteiger partial charge in [0.25, 0.3) is 0 Å². The van der Waals surface area contributed by atoms with E-state index in [0.717, 1.165) is 22.3 Å². The summed E-state index contributed by atoms with van der Waals surface area (Å²) in [6.45, 7) is 4.60. The molecule has 1 heterocycles. The fourth-order valence-electron chi connectivity index (χ4n) is 2.26. The molecule has 0 aliphatic carbocycles. The molecule has 0 aliphatic heterocycles. The third kappa shape index (κ3) is 3.70. The number of likely N-dealkylation sites (N-methyl/N-ethyl adjacent to an activating group) is 1. The fourth-order valence-corrected chi connectivity index (χ4v) is 2.26. The molecule has 3 N–H and O–H groups in total. The number of nitrogens with one attached hydrogen (secondary N) is 1. The van der Waals surface area contributed by atoms with Gasteiger partial charge in [-0.1, -0.05) is 18.2 Å². The van der Waals surface area contributed by atoms with Gasteiger partial charge in [0.15, 0.2) is 0 Å². The Morgan fingerprint density at radius 1 is 1.38 bits per heavy atom. The summed E-state index contributed by atoms with van der Waals surface area (Å²) in [6.07, 6.45) is 0. The van der Waals surface area contributed by atoms with Gasteiger partial charge in [-0.15, -0.1) is 0 Å². The van der Waals surface area contributed by atoms with Crippen LogP contribution in [0.4, 0.5) is 5.82 Å². The Morgan fingerprint density at radius 2 is 2.10 bits per heavy atom. The summed E-state index contributed by atoms with van der Waals surface area (Å²) >= 11 is 0. The van der Waals surface area contributed by atoms with Crippen molar-refractivity contribution in [1.82, 2.24) is 10.3 Å². The molecule has 1 aromatic heterocycles. The van der Waals surface area contributed by atoms with Crippen molar-refractivity contribution in [2.24, 2.45) is 5.73 Å². The molecule has 2 rings (SSSR count). The third-order valence-corrected chi connectivity index (χ3v) is 3.23. The second-order valence-corrected chi connectivity index (χ2v) is 5.44. The molecule has 0 aliphatic rings. The number of rotatable bonds is 5. The van der Waals surface area contributed by atoms with Gasteiger partial charge in [-0.05, 0) is 31.5 Å². The summed E-state index contributed by atoms with van der Waals surface area (Å²) in [7, 11) is 1.86. The lowest BCUT2D eigenvalue weighted by atomic mass is 10.1. The van der Waals surface area contributed by atoms with Crippen LogP contribution in [-0.2, 0) is 11.3 Å². The summed E-state index contributed by atoms with van der Waals surface area (Å²) in [5.41, 5.74) is 7.76. The number of hydrogen-bond acceptors (Lipinski definition) is 4. The zero-order valence-corrected chi connectivity index (χ0v) is 12.8. The Hall–Kier alpha value is -2.14. The summed E-state index contributed by atoms with van der Waals surface area (Å²) in [6, 6.07) is 9.98. The highest BCUT2D eigenvalue weighted by Crippen LogP contribution is 2.22. The second-order valence-electron chi connectivity index (χ2n) is 5.44. The van der Waals surface area contributed by atoms with Crippen LogP contribution in [0.15, 0.2) is 30.3 Å². The minimum Gasteiger partial charge on any atom is -0.352 e. The highest BCUT2D eigenvalue weighted by Gasteiger charge is 2.12. The molecule has 5 nitrogen and oxygen atoms in total. The van der Waals surface area contributed by atoms with E-state index in [-0.39, 0.29) is 18.5 Å². The molecule has 0 atom stereocenters. The first-order valence-electron chi connectivity index (χ1n) is 7.10. The number of carbonyl (C=O) groups excluding carboxylic acids is 1. The van der Waals surface area contributed by atoms with E-state index in [4.69, 9.17) is 5.73 Å². The molecule has 0 spiro atoms. The third-order valence-electron chi connectivity index (χ3n) is 3.23. The van der Waals surface area contributed by atoms with Crippen LogP contribution in [0.1, 0.15) is 19.4 Å². The normalized spacial score (nSPS) is 10.9. The molecular weight excluding hydrogens is 264 g/mol. The van der Waals surface area contributed by atoms with Crippen molar-refractivity contribution < 1.29 is 4.79 Å². The monoisotopic (exact) mass is 286 g/mol. The van der Waals surface area contributed by atoms with Gasteiger partial charge in [0.1, 0.15) is 5.82 Å². The van der Waals surface area contributed by atoms with Crippen molar-refractivity contribution in [3.8, 4) is 0 Å². The van der Waals surface area contributed by atoms with Gasteiger partial charge in [0, 0.05) is 25.0 Å². The number of fused-ring (bicyclic) bond motifs is 1. The number of para-hydroxylation sites is 1. The quantitative estimate of drug-likeness (QED) is 0.877. The van der Waals surface area contributed by atoms with Crippen LogP contribution in [0, 0.1) is 0 Å². The minimum atomic E-state index is -0.0169. The lowest BCUT2D eigenvalue weighted by molar-refractivity contribution is -0.120. The first-order chi connectivity index (χ1) is 10.0. The average Bonchev–Trinajstić information content (AvgIpc) is 2.44. The predicted molar refractivity (Wildman–Crippen MR) is 86.2 cm³/mol. The number of nitrogens with zero attached hydrogens (tertiary/aromatic N) is 2. The van der Waals surface area contributed by atoms with Crippen molar-refractivity contribution in [2.45, 2.75) is 26.4 Å². The van der Waals surface area contributed by atoms with Gasteiger partial charge in [-0.25, -0.2) is 4.98 Å². The first-order valence-corrected chi connectivity index (χ1v) is 7.10. The van der Waals surface area contributed by atoms with E-state index in [1.165, 1.54) is 0 Å². The summed E-state index contributed by atoms with van der Waals surface area (Å²) in [5.74, 6) is 0.741. The maximum absolute atomic E-state index is 11.9. The molecule has 0 saturated carbocycles. The molecule has 0 radical (unpaired) electrons. The lowest BCUT2D eigenvalue weighted by Crippen LogP contribution is -2.38. The van der Waals surface area contributed by atoms with E-state index in [1.807, 2.05) is 56.1 Å². The summed E-state index contributed by atoms with van der Waals surface area (Å²) < 4.78 is 0. The van der Waals surface area contributed by atoms with E-state index in [9.17, 15) is 4.79 Å². The van der Waals surface area contributed by atoms with Crippen molar-refractivity contribution in [1.29, 1.82) is 0 Å². The highest BCUT2D eigenvalue weighted by atomic mass is 16.2. The van der Waals surface area contributed by atoms with Crippen LogP contribution < -0.4 is 16.0 Å². The Labute approximate surface area is 125 Å². The SMILES string of the molecule is CC(C)NC(=O)CN(C)c1cc(CN)c2ccccc2n1. The Kier molecular flexibility index (Phi) is 4.75. The van der Waals surface area contributed by atoms with Crippen molar-refractivity contribution in [3.05, 3.63) is 35.9 Å². The first kappa shape index (κ1) is 15.3. The second kappa shape index (κ2) is 6.54. The van der Waals surface area contributed by atoms with Crippen molar-refractivity contribution in [3.63, 3.8) is 0 Å². The van der Waals surface area contributed by atoms with Gasteiger partial charge in [-0.3, -0.25) is 4.79 Å². The van der Waals surface area contributed by atoms with E-state index >= 15 is 0 Å². The van der Waals surface area contributed by atoms with Crippen LogP contribution in [0.2, 0.25) is 0 Å². The maximum Gasteiger partial charge on any atom is 0.239 e. The van der Waals surface area contributed by atoms with Crippen LogP contribution in [-0.4, -0.2) is 30.5 Å². The molecule has 112 valence electrons. The van der Waals surface area contributed by atoms with Crippen LogP contribution in [0.5, 0.6) is 0 Å². The molecule has 0 unspecified atom stereocenters. The van der Waals surface area contributed by atoms with Gasteiger partial charge >= 0.3 is 0 Å². The molecule has 0 fully saturated rings.